The van der Waals surface area contributed by atoms with Crippen LogP contribution in [0.2, 0.25) is 0 Å². The Bertz CT molecular complexity index is 973. The van der Waals surface area contributed by atoms with Gasteiger partial charge in [0.2, 0.25) is 0 Å². The quantitative estimate of drug-likeness (QED) is 0.417. The first kappa shape index (κ1) is 23.0. The predicted octanol–water partition coefficient (Wildman–Crippen LogP) is 5.44. The van der Waals surface area contributed by atoms with Crippen molar-refractivity contribution in [1.29, 1.82) is 0 Å². The van der Waals surface area contributed by atoms with Crippen LogP contribution in [0.25, 0.3) is 5.57 Å². The van der Waals surface area contributed by atoms with E-state index in [4.69, 9.17) is 9.47 Å². The molecule has 0 fully saturated rings. The van der Waals surface area contributed by atoms with Gasteiger partial charge in [0, 0.05) is 15.7 Å². The summed E-state index contributed by atoms with van der Waals surface area (Å²) in [7, 11) is 0. The van der Waals surface area contributed by atoms with Gasteiger partial charge in [-0.1, -0.05) is 39.5 Å². The van der Waals surface area contributed by atoms with E-state index in [1.165, 1.54) is 0 Å². The van der Waals surface area contributed by atoms with Crippen LogP contribution >= 0.6 is 39.5 Å². The molecule has 0 spiro atoms. The SMILES string of the molecule is CC(C)(C)OC(=O)C1=C(C(=O)OC(C)(C)C)SC(=C2C(=O)Nc3ccc(Br)cc32)S1. The van der Waals surface area contributed by atoms with E-state index in [1.54, 1.807) is 47.6 Å². The number of hydrogen-bond donors (Lipinski definition) is 1. The summed E-state index contributed by atoms with van der Waals surface area (Å²) in [5.74, 6) is -1.53. The lowest BCUT2D eigenvalue weighted by molar-refractivity contribution is -0.152. The number of fused-ring (bicyclic) bond motifs is 1. The number of ether oxygens (including phenoxy) is 2. The molecule has 0 aliphatic carbocycles. The zero-order chi connectivity index (χ0) is 22.4. The standard InChI is InChI=1S/C21H22BrNO5S2/c1-20(2,3)27-17(25)14-15(18(26)28-21(4,5)6)30-19(29-14)13-11-9-10(22)7-8-12(11)23-16(13)24/h7-9H,1-6H3,(H,23,24). The van der Waals surface area contributed by atoms with Crippen molar-refractivity contribution in [3.05, 3.63) is 42.3 Å². The van der Waals surface area contributed by atoms with Gasteiger partial charge in [-0.2, -0.15) is 0 Å². The van der Waals surface area contributed by atoms with Gasteiger partial charge in [-0.3, -0.25) is 4.79 Å². The first-order chi connectivity index (χ1) is 13.7. The lowest BCUT2D eigenvalue weighted by Gasteiger charge is -2.21. The first-order valence-corrected chi connectivity index (χ1v) is 11.6. The number of thioether (sulfide) groups is 2. The van der Waals surface area contributed by atoms with Crippen LogP contribution in [0.4, 0.5) is 5.69 Å². The van der Waals surface area contributed by atoms with Crippen molar-refractivity contribution in [2.75, 3.05) is 5.32 Å². The molecule has 0 saturated carbocycles. The largest absolute Gasteiger partial charge is 0.456 e. The van der Waals surface area contributed by atoms with Gasteiger partial charge in [0.1, 0.15) is 21.0 Å². The van der Waals surface area contributed by atoms with Crippen LogP contribution in [0.5, 0.6) is 0 Å². The van der Waals surface area contributed by atoms with Crippen molar-refractivity contribution in [3.63, 3.8) is 0 Å². The Hall–Kier alpha value is -1.71. The van der Waals surface area contributed by atoms with Crippen LogP contribution in [0.1, 0.15) is 47.1 Å². The van der Waals surface area contributed by atoms with Crippen molar-refractivity contribution in [1.82, 2.24) is 0 Å². The summed E-state index contributed by atoms with van der Waals surface area (Å²) in [5.41, 5.74) is 0.342. The molecule has 1 N–H and O–H groups in total. The molecule has 1 aromatic carbocycles. The lowest BCUT2D eigenvalue weighted by atomic mass is 10.1. The van der Waals surface area contributed by atoms with Crippen molar-refractivity contribution in [3.8, 4) is 0 Å². The van der Waals surface area contributed by atoms with Gasteiger partial charge < -0.3 is 14.8 Å². The zero-order valence-electron chi connectivity index (χ0n) is 17.5. The number of nitrogens with one attached hydrogen (secondary N) is 1. The lowest BCUT2D eigenvalue weighted by Crippen LogP contribution is -2.27. The highest BCUT2D eigenvalue weighted by Gasteiger charge is 2.39. The number of carbonyl (C=O) groups is 3. The van der Waals surface area contributed by atoms with Crippen molar-refractivity contribution >= 4 is 68.6 Å². The number of rotatable bonds is 2. The third kappa shape index (κ3) is 5.12. The summed E-state index contributed by atoms with van der Waals surface area (Å²) in [5, 5.41) is 2.82. The molecule has 6 nitrogen and oxygen atoms in total. The van der Waals surface area contributed by atoms with Gasteiger partial charge in [-0.25, -0.2) is 9.59 Å². The van der Waals surface area contributed by atoms with Crippen LogP contribution in [-0.2, 0) is 23.9 Å². The highest BCUT2D eigenvalue weighted by atomic mass is 79.9. The number of anilines is 1. The van der Waals surface area contributed by atoms with E-state index < -0.39 is 23.1 Å². The molecule has 0 saturated heterocycles. The summed E-state index contributed by atoms with van der Waals surface area (Å²) in [6.07, 6.45) is 0. The van der Waals surface area contributed by atoms with Gasteiger partial charge in [0.25, 0.3) is 5.91 Å². The third-order valence-corrected chi connectivity index (χ3v) is 6.75. The second-order valence-electron chi connectivity index (χ2n) is 8.67. The second-order valence-corrected chi connectivity index (χ2v) is 11.9. The number of hydrogen-bond acceptors (Lipinski definition) is 7. The van der Waals surface area contributed by atoms with Gasteiger partial charge in [-0.05, 0) is 59.7 Å². The molecule has 0 unspecified atom stereocenters. The molecule has 9 heteroatoms. The van der Waals surface area contributed by atoms with Gasteiger partial charge >= 0.3 is 11.9 Å². The van der Waals surface area contributed by atoms with Gasteiger partial charge in [0.05, 0.1) is 9.81 Å². The third-order valence-electron chi connectivity index (χ3n) is 3.69. The van der Waals surface area contributed by atoms with Crippen LogP contribution < -0.4 is 5.32 Å². The van der Waals surface area contributed by atoms with E-state index in [-0.39, 0.29) is 15.7 Å². The monoisotopic (exact) mass is 511 g/mol. The molecule has 3 rings (SSSR count). The summed E-state index contributed by atoms with van der Waals surface area (Å²) in [6.45, 7) is 10.5. The van der Waals surface area contributed by atoms with Crippen LogP contribution in [0.15, 0.2) is 36.7 Å². The maximum Gasteiger partial charge on any atom is 0.346 e. The summed E-state index contributed by atoms with van der Waals surface area (Å²) in [4.78, 5) is 38.6. The van der Waals surface area contributed by atoms with Crippen molar-refractivity contribution in [2.24, 2.45) is 0 Å². The Kier molecular flexibility index (Phi) is 6.19. The van der Waals surface area contributed by atoms with Crippen LogP contribution in [-0.4, -0.2) is 29.0 Å². The van der Waals surface area contributed by atoms with Crippen molar-refractivity contribution < 1.29 is 23.9 Å². The summed E-state index contributed by atoms with van der Waals surface area (Å²) in [6, 6.07) is 5.46. The topological polar surface area (TPSA) is 81.7 Å². The molecule has 1 aromatic rings. The molecule has 2 heterocycles. The summed E-state index contributed by atoms with van der Waals surface area (Å²) >= 11 is 5.55. The summed E-state index contributed by atoms with van der Waals surface area (Å²) < 4.78 is 12.3. The Morgan fingerprint density at radius 1 is 0.933 bits per heavy atom. The first-order valence-electron chi connectivity index (χ1n) is 9.17. The maximum absolute atomic E-state index is 12.8. The van der Waals surface area contributed by atoms with E-state index in [1.807, 2.05) is 12.1 Å². The fourth-order valence-electron chi connectivity index (χ4n) is 2.66. The van der Waals surface area contributed by atoms with E-state index in [0.717, 1.165) is 28.0 Å². The fraction of sp³-hybridized carbons (Fsp3) is 0.381. The maximum atomic E-state index is 12.8. The van der Waals surface area contributed by atoms with Gasteiger partial charge in [-0.15, -0.1) is 0 Å². The Labute approximate surface area is 192 Å². The number of carbonyl (C=O) groups excluding carboxylic acids is 3. The minimum absolute atomic E-state index is 0.128. The van der Waals surface area contributed by atoms with Crippen molar-refractivity contribution in [2.45, 2.75) is 52.7 Å². The molecule has 2 aliphatic heterocycles. The molecular formula is C21H22BrNO5S2. The molecule has 2 aliphatic rings. The Balaban J connectivity index is 2.04. The van der Waals surface area contributed by atoms with Gasteiger partial charge in [0.15, 0.2) is 0 Å². The molecular weight excluding hydrogens is 490 g/mol. The normalized spacial score (nSPS) is 16.6. The molecule has 0 radical (unpaired) electrons. The van der Waals surface area contributed by atoms with Crippen LogP contribution in [0.3, 0.4) is 0 Å². The number of esters is 2. The molecule has 0 atom stereocenters. The molecule has 0 bridgehead atoms. The number of halogens is 1. The zero-order valence-corrected chi connectivity index (χ0v) is 20.7. The highest BCUT2D eigenvalue weighted by molar-refractivity contribution is 9.10. The predicted molar refractivity (Wildman–Crippen MR) is 124 cm³/mol. The van der Waals surface area contributed by atoms with E-state index >= 15 is 0 Å². The second kappa shape index (κ2) is 8.09. The Morgan fingerprint density at radius 2 is 1.43 bits per heavy atom. The minimum Gasteiger partial charge on any atom is -0.456 e. The Morgan fingerprint density at radius 3 is 1.90 bits per heavy atom. The molecule has 1 amide bonds. The number of amides is 1. The van der Waals surface area contributed by atoms with Crippen LogP contribution in [0, 0.1) is 0 Å². The van der Waals surface area contributed by atoms with E-state index in [0.29, 0.717) is 21.1 Å². The molecule has 30 heavy (non-hydrogen) atoms. The van der Waals surface area contributed by atoms with E-state index in [2.05, 4.69) is 21.2 Å². The number of benzene rings is 1. The van der Waals surface area contributed by atoms with E-state index in [9.17, 15) is 14.4 Å². The average molecular weight is 512 g/mol. The smallest absolute Gasteiger partial charge is 0.346 e. The minimum atomic E-state index is -0.730. The molecule has 0 aromatic heterocycles. The highest BCUT2D eigenvalue weighted by Crippen LogP contribution is 2.55. The fourth-order valence-corrected chi connectivity index (χ4v) is 5.52. The molecule has 160 valence electrons. The average Bonchev–Trinajstić information content (AvgIpc) is 3.12.